The molecule has 0 amide bonds. The first-order valence-electron chi connectivity index (χ1n) is 5.75. The molecule has 0 aliphatic carbocycles. The SMILES string of the molecule is CNC(C)C(c1ccc([N+](=O)[O-])cn1)C(C)C. The van der Waals surface area contributed by atoms with Gasteiger partial charge in [0.1, 0.15) is 6.20 Å². The van der Waals surface area contributed by atoms with E-state index in [-0.39, 0.29) is 17.6 Å². The van der Waals surface area contributed by atoms with Crippen LogP contribution in [0.3, 0.4) is 0 Å². The van der Waals surface area contributed by atoms with E-state index < -0.39 is 4.92 Å². The fourth-order valence-corrected chi connectivity index (χ4v) is 2.06. The van der Waals surface area contributed by atoms with Gasteiger partial charge in [-0.25, -0.2) is 0 Å². The van der Waals surface area contributed by atoms with Crippen LogP contribution in [-0.2, 0) is 0 Å². The molecule has 1 aromatic rings. The molecule has 0 saturated carbocycles. The summed E-state index contributed by atoms with van der Waals surface area (Å²) < 4.78 is 0. The lowest BCUT2D eigenvalue weighted by atomic mass is 9.86. The molecule has 2 atom stereocenters. The minimum atomic E-state index is -0.428. The van der Waals surface area contributed by atoms with Gasteiger partial charge in [-0.05, 0) is 26.0 Å². The molecular formula is C12H19N3O2. The van der Waals surface area contributed by atoms with E-state index in [2.05, 4.69) is 31.1 Å². The van der Waals surface area contributed by atoms with Gasteiger partial charge in [0.2, 0.25) is 0 Å². The topological polar surface area (TPSA) is 68.1 Å². The van der Waals surface area contributed by atoms with Crippen LogP contribution < -0.4 is 5.32 Å². The smallest absolute Gasteiger partial charge is 0.287 e. The minimum Gasteiger partial charge on any atom is -0.317 e. The number of nitrogens with one attached hydrogen (secondary N) is 1. The highest BCUT2D eigenvalue weighted by molar-refractivity contribution is 5.28. The summed E-state index contributed by atoms with van der Waals surface area (Å²) in [4.78, 5) is 14.3. The minimum absolute atomic E-state index is 0.0355. The second kappa shape index (κ2) is 5.72. The molecule has 1 N–H and O–H groups in total. The van der Waals surface area contributed by atoms with E-state index in [0.29, 0.717) is 5.92 Å². The first-order valence-corrected chi connectivity index (χ1v) is 5.75. The van der Waals surface area contributed by atoms with Crippen molar-refractivity contribution in [1.29, 1.82) is 0 Å². The Morgan fingerprint density at radius 1 is 1.35 bits per heavy atom. The standard InChI is InChI=1S/C12H19N3O2/c1-8(2)12(9(3)13-4)11-6-5-10(7-14-11)15(16)17/h5-9,12-13H,1-4H3. The molecule has 1 rings (SSSR count). The molecule has 0 aliphatic rings. The Balaban J connectivity index is 2.99. The number of nitrogens with zero attached hydrogens (tertiary/aromatic N) is 2. The molecule has 94 valence electrons. The summed E-state index contributed by atoms with van der Waals surface area (Å²) in [5, 5.41) is 13.8. The summed E-state index contributed by atoms with van der Waals surface area (Å²) in [6.07, 6.45) is 1.33. The molecule has 0 spiro atoms. The second-order valence-corrected chi connectivity index (χ2v) is 4.55. The largest absolute Gasteiger partial charge is 0.317 e. The fourth-order valence-electron chi connectivity index (χ4n) is 2.06. The third-order valence-electron chi connectivity index (χ3n) is 3.04. The van der Waals surface area contributed by atoms with Crippen LogP contribution in [0.1, 0.15) is 32.4 Å². The Bertz CT molecular complexity index is 376. The van der Waals surface area contributed by atoms with E-state index in [4.69, 9.17) is 0 Å². The molecule has 0 saturated heterocycles. The van der Waals surface area contributed by atoms with Crippen LogP contribution in [0.5, 0.6) is 0 Å². The van der Waals surface area contributed by atoms with Crippen LogP contribution in [0.25, 0.3) is 0 Å². The first-order chi connectivity index (χ1) is 7.97. The number of aromatic nitrogens is 1. The average molecular weight is 237 g/mol. The zero-order valence-corrected chi connectivity index (χ0v) is 10.7. The lowest BCUT2D eigenvalue weighted by molar-refractivity contribution is -0.385. The number of nitro groups is 1. The van der Waals surface area contributed by atoms with Gasteiger partial charge in [-0.15, -0.1) is 0 Å². The van der Waals surface area contributed by atoms with Crippen LogP contribution in [-0.4, -0.2) is 23.0 Å². The van der Waals surface area contributed by atoms with Gasteiger partial charge in [0.15, 0.2) is 0 Å². The highest BCUT2D eigenvalue weighted by Crippen LogP contribution is 2.27. The van der Waals surface area contributed by atoms with Crippen molar-refractivity contribution in [2.24, 2.45) is 5.92 Å². The Morgan fingerprint density at radius 2 is 2.00 bits per heavy atom. The maximum Gasteiger partial charge on any atom is 0.287 e. The van der Waals surface area contributed by atoms with Gasteiger partial charge in [0.25, 0.3) is 5.69 Å². The lowest BCUT2D eigenvalue weighted by Crippen LogP contribution is -2.32. The van der Waals surface area contributed by atoms with Crippen molar-refractivity contribution in [2.45, 2.75) is 32.7 Å². The molecule has 0 radical (unpaired) electrons. The van der Waals surface area contributed by atoms with Gasteiger partial charge in [-0.2, -0.15) is 0 Å². The van der Waals surface area contributed by atoms with Gasteiger partial charge < -0.3 is 5.32 Å². The molecule has 5 heteroatoms. The third-order valence-corrected chi connectivity index (χ3v) is 3.04. The molecule has 2 unspecified atom stereocenters. The molecule has 0 bridgehead atoms. The molecule has 17 heavy (non-hydrogen) atoms. The summed E-state index contributed by atoms with van der Waals surface area (Å²) in [5.74, 6) is 0.673. The third kappa shape index (κ3) is 3.23. The summed E-state index contributed by atoms with van der Waals surface area (Å²) >= 11 is 0. The van der Waals surface area contributed by atoms with E-state index in [1.165, 1.54) is 12.3 Å². The van der Waals surface area contributed by atoms with Crippen molar-refractivity contribution in [3.8, 4) is 0 Å². The normalized spacial score (nSPS) is 14.6. The molecule has 0 aliphatic heterocycles. The highest BCUT2D eigenvalue weighted by atomic mass is 16.6. The number of hydrogen-bond acceptors (Lipinski definition) is 4. The Hall–Kier alpha value is -1.49. The Kier molecular flexibility index (Phi) is 4.57. The maximum atomic E-state index is 10.6. The summed E-state index contributed by atoms with van der Waals surface area (Å²) in [6.45, 7) is 6.34. The van der Waals surface area contributed by atoms with Crippen LogP contribution in [0.4, 0.5) is 5.69 Å². The van der Waals surface area contributed by atoms with Gasteiger partial charge >= 0.3 is 0 Å². The summed E-state index contributed by atoms with van der Waals surface area (Å²) in [5.41, 5.74) is 0.931. The average Bonchev–Trinajstić information content (AvgIpc) is 2.29. The predicted octanol–water partition coefficient (Wildman–Crippen LogP) is 2.34. The van der Waals surface area contributed by atoms with Gasteiger partial charge in [-0.3, -0.25) is 15.1 Å². The van der Waals surface area contributed by atoms with E-state index in [1.807, 2.05) is 7.05 Å². The van der Waals surface area contributed by atoms with Gasteiger partial charge in [0, 0.05) is 23.7 Å². The Morgan fingerprint density at radius 3 is 2.35 bits per heavy atom. The number of likely N-dealkylation sites (N-methyl/N-ethyl adjacent to an activating group) is 1. The maximum absolute atomic E-state index is 10.6. The van der Waals surface area contributed by atoms with Gasteiger partial charge in [0.05, 0.1) is 4.92 Å². The van der Waals surface area contributed by atoms with E-state index in [0.717, 1.165) is 5.69 Å². The van der Waals surface area contributed by atoms with E-state index in [9.17, 15) is 10.1 Å². The summed E-state index contributed by atoms with van der Waals surface area (Å²) in [7, 11) is 1.91. The zero-order valence-electron chi connectivity index (χ0n) is 10.7. The van der Waals surface area contributed by atoms with Crippen LogP contribution in [0.15, 0.2) is 18.3 Å². The molecule has 0 fully saturated rings. The van der Waals surface area contributed by atoms with Gasteiger partial charge in [-0.1, -0.05) is 13.8 Å². The quantitative estimate of drug-likeness (QED) is 0.630. The fraction of sp³-hybridized carbons (Fsp3) is 0.583. The molecular weight excluding hydrogens is 218 g/mol. The van der Waals surface area contributed by atoms with Crippen molar-refractivity contribution < 1.29 is 4.92 Å². The van der Waals surface area contributed by atoms with Crippen molar-refractivity contribution in [3.05, 3.63) is 34.1 Å². The molecule has 0 aromatic carbocycles. The van der Waals surface area contributed by atoms with Crippen LogP contribution >= 0.6 is 0 Å². The van der Waals surface area contributed by atoms with E-state index in [1.54, 1.807) is 6.07 Å². The predicted molar refractivity (Wildman–Crippen MR) is 67.0 cm³/mol. The number of pyridine rings is 1. The highest BCUT2D eigenvalue weighted by Gasteiger charge is 2.23. The zero-order chi connectivity index (χ0) is 13.0. The van der Waals surface area contributed by atoms with E-state index >= 15 is 0 Å². The van der Waals surface area contributed by atoms with Crippen molar-refractivity contribution in [2.75, 3.05) is 7.05 Å². The number of rotatable bonds is 5. The summed E-state index contributed by atoms with van der Waals surface area (Å²) in [6, 6.07) is 3.54. The lowest BCUT2D eigenvalue weighted by Gasteiger charge is -2.26. The second-order valence-electron chi connectivity index (χ2n) is 4.55. The van der Waals surface area contributed by atoms with Crippen molar-refractivity contribution in [3.63, 3.8) is 0 Å². The van der Waals surface area contributed by atoms with Crippen molar-refractivity contribution >= 4 is 5.69 Å². The monoisotopic (exact) mass is 237 g/mol. The molecule has 5 nitrogen and oxygen atoms in total. The Labute approximate surface area is 101 Å². The van der Waals surface area contributed by atoms with Crippen LogP contribution in [0.2, 0.25) is 0 Å². The number of hydrogen-bond donors (Lipinski definition) is 1. The molecule has 1 aromatic heterocycles. The van der Waals surface area contributed by atoms with Crippen LogP contribution in [0, 0.1) is 16.0 Å². The molecule has 1 heterocycles. The van der Waals surface area contributed by atoms with Crippen molar-refractivity contribution in [1.82, 2.24) is 10.3 Å². The first kappa shape index (κ1) is 13.6.